The number of nitrogen functional groups attached to an aromatic ring is 1. The van der Waals surface area contributed by atoms with Gasteiger partial charge in [-0.15, -0.1) is 0 Å². The Morgan fingerprint density at radius 1 is 1.11 bits per heavy atom. The molecule has 0 atom stereocenters. The number of hydrogen-bond acceptors (Lipinski definition) is 5. The summed E-state index contributed by atoms with van der Waals surface area (Å²) in [7, 11) is 5.40. The molecule has 19 heavy (non-hydrogen) atoms. The summed E-state index contributed by atoms with van der Waals surface area (Å²) in [4.78, 5) is 4.78. The molecule has 0 bridgehead atoms. The molecule has 5 heteroatoms. The third kappa shape index (κ3) is 3.30. The van der Waals surface area contributed by atoms with Crippen molar-refractivity contribution in [2.45, 2.75) is 6.54 Å². The number of likely N-dealkylation sites (N-methyl/N-ethyl adjacent to an activating group) is 1. The van der Waals surface area contributed by atoms with Gasteiger partial charge in [0.15, 0.2) is 11.5 Å². The zero-order chi connectivity index (χ0) is 13.8. The van der Waals surface area contributed by atoms with E-state index in [0.29, 0.717) is 17.2 Å². The van der Waals surface area contributed by atoms with Gasteiger partial charge >= 0.3 is 0 Å². The summed E-state index contributed by atoms with van der Waals surface area (Å²) in [5, 5.41) is 0. The van der Waals surface area contributed by atoms with Gasteiger partial charge in [-0.1, -0.05) is 0 Å². The van der Waals surface area contributed by atoms with E-state index in [0.717, 1.165) is 32.7 Å². The van der Waals surface area contributed by atoms with Gasteiger partial charge in [-0.05, 0) is 24.7 Å². The number of anilines is 1. The summed E-state index contributed by atoms with van der Waals surface area (Å²) < 4.78 is 10.6. The molecule has 1 aromatic carbocycles. The topological polar surface area (TPSA) is 51.0 Å². The van der Waals surface area contributed by atoms with Crippen LogP contribution in [0, 0.1) is 0 Å². The maximum absolute atomic E-state index is 6.00. The Hall–Kier alpha value is -1.46. The fourth-order valence-corrected chi connectivity index (χ4v) is 2.41. The second-order valence-corrected chi connectivity index (χ2v) is 5.00. The highest BCUT2D eigenvalue weighted by Gasteiger charge is 2.16. The first-order valence-electron chi connectivity index (χ1n) is 6.55. The van der Waals surface area contributed by atoms with Crippen LogP contribution in [0.3, 0.4) is 0 Å². The molecule has 5 nitrogen and oxygen atoms in total. The van der Waals surface area contributed by atoms with Crippen molar-refractivity contribution in [2.75, 3.05) is 53.2 Å². The molecule has 1 saturated heterocycles. The molecule has 0 aliphatic carbocycles. The number of methoxy groups -OCH3 is 2. The summed E-state index contributed by atoms with van der Waals surface area (Å²) >= 11 is 0. The van der Waals surface area contributed by atoms with Crippen molar-refractivity contribution < 1.29 is 9.47 Å². The van der Waals surface area contributed by atoms with Crippen LogP contribution < -0.4 is 15.2 Å². The molecule has 2 N–H and O–H groups in total. The molecule has 0 radical (unpaired) electrons. The van der Waals surface area contributed by atoms with E-state index in [4.69, 9.17) is 15.2 Å². The van der Waals surface area contributed by atoms with Crippen LogP contribution in [0.5, 0.6) is 11.5 Å². The van der Waals surface area contributed by atoms with Gasteiger partial charge in [0.25, 0.3) is 0 Å². The molecule has 1 fully saturated rings. The Bertz CT molecular complexity index is 429. The van der Waals surface area contributed by atoms with Crippen molar-refractivity contribution >= 4 is 5.69 Å². The van der Waals surface area contributed by atoms with E-state index in [-0.39, 0.29) is 0 Å². The number of hydrogen-bond donors (Lipinski definition) is 1. The van der Waals surface area contributed by atoms with E-state index >= 15 is 0 Å². The van der Waals surface area contributed by atoms with E-state index in [9.17, 15) is 0 Å². The van der Waals surface area contributed by atoms with E-state index < -0.39 is 0 Å². The molecule has 1 aromatic rings. The molecule has 1 heterocycles. The van der Waals surface area contributed by atoms with Crippen molar-refractivity contribution in [3.05, 3.63) is 17.7 Å². The maximum atomic E-state index is 6.00. The highest BCUT2D eigenvalue weighted by molar-refractivity contribution is 5.62. The molecule has 0 saturated carbocycles. The first kappa shape index (κ1) is 14.0. The van der Waals surface area contributed by atoms with Crippen LogP contribution in [0.25, 0.3) is 0 Å². The first-order valence-corrected chi connectivity index (χ1v) is 6.55. The van der Waals surface area contributed by atoms with Crippen LogP contribution in [0.4, 0.5) is 5.69 Å². The van der Waals surface area contributed by atoms with Gasteiger partial charge < -0.3 is 20.1 Å². The molecule has 0 aromatic heterocycles. The number of ether oxygens (including phenoxy) is 2. The lowest BCUT2D eigenvalue weighted by atomic mass is 10.1. The summed E-state index contributed by atoms with van der Waals surface area (Å²) in [6, 6.07) is 3.98. The van der Waals surface area contributed by atoms with Crippen LogP contribution in [0.1, 0.15) is 5.56 Å². The maximum Gasteiger partial charge on any atom is 0.183 e. The quantitative estimate of drug-likeness (QED) is 0.824. The molecule has 1 aliphatic rings. The van der Waals surface area contributed by atoms with Crippen LogP contribution in [-0.2, 0) is 6.54 Å². The van der Waals surface area contributed by atoms with Gasteiger partial charge in [0, 0.05) is 32.7 Å². The van der Waals surface area contributed by atoms with Crippen molar-refractivity contribution in [3.8, 4) is 11.5 Å². The monoisotopic (exact) mass is 265 g/mol. The fourth-order valence-electron chi connectivity index (χ4n) is 2.41. The van der Waals surface area contributed by atoms with Crippen molar-refractivity contribution in [2.24, 2.45) is 0 Å². The molecule has 0 amide bonds. The van der Waals surface area contributed by atoms with Crippen LogP contribution in [0.15, 0.2) is 12.1 Å². The minimum atomic E-state index is 0.615. The van der Waals surface area contributed by atoms with Gasteiger partial charge in [0.05, 0.1) is 19.9 Å². The Morgan fingerprint density at radius 2 is 1.79 bits per heavy atom. The lowest BCUT2D eigenvalue weighted by molar-refractivity contribution is 0.148. The van der Waals surface area contributed by atoms with Crippen molar-refractivity contribution in [1.82, 2.24) is 9.80 Å². The van der Waals surface area contributed by atoms with Gasteiger partial charge in [-0.3, -0.25) is 4.90 Å². The Labute approximate surface area is 114 Å². The van der Waals surface area contributed by atoms with E-state index in [2.05, 4.69) is 16.8 Å². The molecular formula is C14H23N3O2. The molecular weight excluding hydrogens is 242 g/mol. The average Bonchev–Trinajstić information content (AvgIpc) is 2.40. The van der Waals surface area contributed by atoms with Crippen molar-refractivity contribution in [1.29, 1.82) is 0 Å². The van der Waals surface area contributed by atoms with Crippen LogP contribution >= 0.6 is 0 Å². The zero-order valence-electron chi connectivity index (χ0n) is 12.0. The number of rotatable bonds is 4. The molecule has 2 rings (SSSR count). The van der Waals surface area contributed by atoms with Gasteiger partial charge in [-0.2, -0.15) is 0 Å². The lowest BCUT2D eigenvalue weighted by Crippen LogP contribution is -2.43. The van der Waals surface area contributed by atoms with Crippen LogP contribution in [0.2, 0.25) is 0 Å². The summed E-state index contributed by atoms with van der Waals surface area (Å²) in [6.07, 6.45) is 0. The second-order valence-electron chi connectivity index (χ2n) is 5.00. The number of nitrogens with zero attached hydrogens (tertiary/aromatic N) is 2. The van der Waals surface area contributed by atoms with E-state index in [1.807, 2.05) is 12.1 Å². The minimum Gasteiger partial charge on any atom is -0.493 e. The predicted molar refractivity (Wildman–Crippen MR) is 76.7 cm³/mol. The average molecular weight is 265 g/mol. The smallest absolute Gasteiger partial charge is 0.183 e. The molecule has 1 aliphatic heterocycles. The Balaban J connectivity index is 2.10. The lowest BCUT2D eigenvalue weighted by Gasteiger charge is -2.32. The van der Waals surface area contributed by atoms with E-state index in [1.165, 1.54) is 5.56 Å². The normalized spacial score (nSPS) is 17.4. The summed E-state index contributed by atoms with van der Waals surface area (Å²) in [5.74, 6) is 1.32. The van der Waals surface area contributed by atoms with Crippen LogP contribution in [-0.4, -0.2) is 57.2 Å². The van der Waals surface area contributed by atoms with Crippen molar-refractivity contribution in [3.63, 3.8) is 0 Å². The summed E-state index contributed by atoms with van der Waals surface area (Å²) in [6.45, 7) is 5.30. The van der Waals surface area contributed by atoms with Gasteiger partial charge in [0.1, 0.15) is 0 Å². The summed E-state index contributed by atoms with van der Waals surface area (Å²) in [5.41, 5.74) is 7.80. The van der Waals surface area contributed by atoms with E-state index in [1.54, 1.807) is 14.2 Å². The highest BCUT2D eigenvalue weighted by atomic mass is 16.5. The van der Waals surface area contributed by atoms with Gasteiger partial charge in [-0.25, -0.2) is 0 Å². The minimum absolute atomic E-state index is 0.615. The number of piperazine rings is 1. The third-order valence-electron chi connectivity index (χ3n) is 3.57. The third-order valence-corrected chi connectivity index (χ3v) is 3.57. The Morgan fingerprint density at radius 3 is 2.37 bits per heavy atom. The molecule has 106 valence electrons. The molecule has 0 spiro atoms. The SMILES string of the molecule is COc1cc(CN2CCN(C)CC2)cc(N)c1OC. The fraction of sp³-hybridized carbons (Fsp3) is 0.571. The van der Waals surface area contributed by atoms with Gasteiger partial charge in [0.2, 0.25) is 0 Å². The Kier molecular flexibility index (Phi) is 4.50. The highest BCUT2D eigenvalue weighted by Crippen LogP contribution is 2.34. The zero-order valence-corrected chi connectivity index (χ0v) is 12.0. The number of benzene rings is 1. The standard InChI is InChI=1S/C14H23N3O2/c1-16-4-6-17(7-5-16)10-11-8-12(15)14(19-3)13(9-11)18-2/h8-9H,4-7,10,15H2,1-3H3. The second kappa shape index (κ2) is 6.12. The first-order chi connectivity index (χ1) is 9.13. The largest absolute Gasteiger partial charge is 0.493 e. The predicted octanol–water partition coefficient (Wildman–Crippen LogP) is 1.03. The number of nitrogens with two attached hydrogens (primary N) is 1. The molecule has 0 unspecified atom stereocenters.